The molecule has 1 saturated heterocycles. The molecule has 0 aromatic heterocycles. The number of aryl methyl sites for hydroxylation is 2. The van der Waals surface area contributed by atoms with Crippen LogP contribution in [0.3, 0.4) is 0 Å². The van der Waals surface area contributed by atoms with E-state index in [1.54, 1.807) is 0 Å². The van der Waals surface area contributed by atoms with E-state index in [2.05, 4.69) is 5.32 Å². The molecule has 150 valence electrons. The van der Waals surface area contributed by atoms with E-state index >= 15 is 0 Å². The van der Waals surface area contributed by atoms with Crippen LogP contribution >= 0.6 is 0 Å². The average molecular weight is 375 g/mol. The minimum Gasteiger partial charge on any atom is -0.493 e. The maximum absolute atomic E-state index is 12.4. The third kappa shape index (κ3) is 6.26. The molecule has 2 rings (SSSR count). The number of ether oxygens (including phenoxy) is 1. The fraction of sp³-hybridized carbons (Fsp3) is 0.636. The molecule has 1 fully saturated rings. The van der Waals surface area contributed by atoms with Gasteiger partial charge in [-0.25, -0.2) is 0 Å². The fourth-order valence-corrected chi connectivity index (χ4v) is 3.26. The normalized spacial score (nSPS) is 15.5. The third-order valence-corrected chi connectivity index (χ3v) is 5.05. The maximum Gasteiger partial charge on any atom is 0.225 e. The SMILES string of the molecule is Cc1cccc(C)c1OCCCC(=O)N1CCC(NC(=O)C(C)(C)C)CC1. The summed E-state index contributed by atoms with van der Waals surface area (Å²) in [6.45, 7) is 11.8. The summed E-state index contributed by atoms with van der Waals surface area (Å²) in [4.78, 5) is 26.4. The van der Waals surface area contributed by atoms with Crippen molar-refractivity contribution in [3.63, 3.8) is 0 Å². The second-order valence-electron chi connectivity index (χ2n) is 8.55. The lowest BCUT2D eigenvalue weighted by Gasteiger charge is -2.33. The Kier molecular flexibility index (Phi) is 7.28. The highest BCUT2D eigenvalue weighted by Gasteiger charge is 2.27. The van der Waals surface area contributed by atoms with Crippen LogP contribution in [0.2, 0.25) is 0 Å². The van der Waals surface area contributed by atoms with Crippen LogP contribution < -0.4 is 10.1 Å². The lowest BCUT2D eigenvalue weighted by atomic mass is 9.94. The van der Waals surface area contributed by atoms with Crippen LogP contribution in [-0.2, 0) is 9.59 Å². The molecule has 0 bridgehead atoms. The summed E-state index contributed by atoms with van der Waals surface area (Å²) in [6, 6.07) is 6.27. The van der Waals surface area contributed by atoms with Crippen molar-refractivity contribution >= 4 is 11.8 Å². The number of carbonyl (C=O) groups excluding carboxylic acids is 2. The molecule has 0 aliphatic carbocycles. The molecular weight excluding hydrogens is 340 g/mol. The molecule has 1 N–H and O–H groups in total. The number of hydrogen-bond donors (Lipinski definition) is 1. The van der Waals surface area contributed by atoms with Gasteiger partial charge in [0.15, 0.2) is 0 Å². The first-order valence-electron chi connectivity index (χ1n) is 9.96. The van der Waals surface area contributed by atoms with Crippen LogP contribution in [0.1, 0.15) is 57.6 Å². The molecule has 1 aromatic carbocycles. The maximum atomic E-state index is 12.4. The Bertz CT molecular complexity index is 636. The first-order chi connectivity index (χ1) is 12.7. The molecule has 0 spiro atoms. The molecule has 27 heavy (non-hydrogen) atoms. The summed E-state index contributed by atoms with van der Waals surface area (Å²) < 4.78 is 5.88. The Hall–Kier alpha value is -2.04. The van der Waals surface area contributed by atoms with Gasteiger partial charge in [0.25, 0.3) is 0 Å². The molecule has 1 heterocycles. The number of hydrogen-bond acceptors (Lipinski definition) is 3. The first-order valence-corrected chi connectivity index (χ1v) is 9.96. The summed E-state index contributed by atoms with van der Waals surface area (Å²) in [7, 11) is 0. The molecule has 2 amide bonds. The lowest BCUT2D eigenvalue weighted by Crippen LogP contribution is -2.49. The van der Waals surface area contributed by atoms with E-state index in [4.69, 9.17) is 4.74 Å². The number of para-hydroxylation sites is 1. The van der Waals surface area contributed by atoms with E-state index in [-0.39, 0.29) is 23.3 Å². The molecule has 0 unspecified atom stereocenters. The zero-order valence-corrected chi connectivity index (χ0v) is 17.4. The van der Waals surface area contributed by atoms with Crippen molar-refractivity contribution < 1.29 is 14.3 Å². The highest BCUT2D eigenvalue weighted by atomic mass is 16.5. The van der Waals surface area contributed by atoms with Gasteiger partial charge in [0.1, 0.15) is 5.75 Å². The van der Waals surface area contributed by atoms with Gasteiger partial charge in [0.05, 0.1) is 6.61 Å². The number of piperidine rings is 1. The van der Waals surface area contributed by atoms with Crippen molar-refractivity contribution in [1.29, 1.82) is 0 Å². The van der Waals surface area contributed by atoms with Gasteiger partial charge < -0.3 is 15.0 Å². The Morgan fingerprint density at radius 2 is 1.74 bits per heavy atom. The number of rotatable bonds is 6. The predicted octanol–water partition coefficient (Wildman–Crippen LogP) is 3.62. The topological polar surface area (TPSA) is 58.6 Å². The van der Waals surface area contributed by atoms with Gasteiger partial charge in [-0.15, -0.1) is 0 Å². The van der Waals surface area contributed by atoms with E-state index in [0.717, 1.165) is 29.7 Å². The zero-order chi connectivity index (χ0) is 20.0. The number of nitrogens with zero attached hydrogens (tertiary/aromatic N) is 1. The number of likely N-dealkylation sites (tertiary alicyclic amines) is 1. The largest absolute Gasteiger partial charge is 0.493 e. The molecule has 1 aliphatic heterocycles. The van der Waals surface area contributed by atoms with E-state index in [1.807, 2.05) is 57.7 Å². The van der Waals surface area contributed by atoms with Crippen molar-refractivity contribution in [2.45, 2.75) is 66.3 Å². The highest BCUT2D eigenvalue weighted by Crippen LogP contribution is 2.22. The van der Waals surface area contributed by atoms with E-state index < -0.39 is 0 Å². The smallest absolute Gasteiger partial charge is 0.225 e. The predicted molar refractivity (Wildman–Crippen MR) is 108 cm³/mol. The molecule has 1 aliphatic rings. The number of carbonyl (C=O) groups is 2. The van der Waals surface area contributed by atoms with Crippen LogP contribution in [0, 0.1) is 19.3 Å². The monoisotopic (exact) mass is 374 g/mol. The summed E-state index contributed by atoms with van der Waals surface area (Å²) in [5.74, 6) is 1.19. The van der Waals surface area contributed by atoms with Crippen LogP contribution in [0.5, 0.6) is 5.75 Å². The van der Waals surface area contributed by atoms with E-state index in [9.17, 15) is 9.59 Å². The average Bonchev–Trinajstić information content (AvgIpc) is 2.60. The molecule has 5 heteroatoms. The standard InChI is InChI=1S/C22H34N2O3/c1-16-8-6-9-17(2)20(16)27-15-7-10-19(25)24-13-11-18(12-14-24)23-21(26)22(3,4)5/h6,8-9,18H,7,10-15H2,1-5H3,(H,23,26). The molecule has 0 atom stereocenters. The fourth-order valence-electron chi connectivity index (χ4n) is 3.26. The van der Waals surface area contributed by atoms with Gasteiger partial charge in [0.2, 0.25) is 11.8 Å². The second-order valence-corrected chi connectivity index (χ2v) is 8.55. The number of nitrogens with one attached hydrogen (secondary N) is 1. The Labute approximate surface area is 163 Å². The molecular formula is C22H34N2O3. The quantitative estimate of drug-likeness (QED) is 0.774. The Balaban J connectivity index is 1.68. The third-order valence-electron chi connectivity index (χ3n) is 5.05. The van der Waals surface area contributed by atoms with Crippen molar-refractivity contribution in [2.75, 3.05) is 19.7 Å². The summed E-state index contributed by atoms with van der Waals surface area (Å²) >= 11 is 0. The summed E-state index contributed by atoms with van der Waals surface area (Å²) in [6.07, 6.45) is 2.87. The minimum atomic E-state index is -0.373. The van der Waals surface area contributed by atoms with Gasteiger partial charge in [-0.05, 0) is 44.2 Å². The van der Waals surface area contributed by atoms with Gasteiger partial charge in [0, 0.05) is 31.0 Å². The molecule has 1 aromatic rings. The van der Waals surface area contributed by atoms with Gasteiger partial charge in [-0.3, -0.25) is 9.59 Å². The second kappa shape index (κ2) is 9.25. The van der Waals surface area contributed by atoms with Crippen LogP contribution in [0.25, 0.3) is 0 Å². The van der Waals surface area contributed by atoms with Crippen molar-refractivity contribution in [3.05, 3.63) is 29.3 Å². The van der Waals surface area contributed by atoms with Crippen molar-refractivity contribution in [2.24, 2.45) is 5.41 Å². The van der Waals surface area contributed by atoms with E-state index in [0.29, 0.717) is 32.5 Å². The molecule has 5 nitrogen and oxygen atoms in total. The van der Waals surface area contributed by atoms with Crippen LogP contribution in [0.4, 0.5) is 0 Å². The van der Waals surface area contributed by atoms with Crippen molar-refractivity contribution in [3.8, 4) is 5.75 Å². The van der Waals surface area contributed by atoms with Crippen LogP contribution in [-0.4, -0.2) is 42.5 Å². The van der Waals surface area contributed by atoms with Gasteiger partial charge in [-0.1, -0.05) is 39.0 Å². The highest BCUT2D eigenvalue weighted by molar-refractivity contribution is 5.81. The van der Waals surface area contributed by atoms with E-state index in [1.165, 1.54) is 0 Å². The zero-order valence-electron chi connectivity index (χ0n) is 17.4. The molecule has 0 saturated carbocycles. The van der Waals surface area contributed by atoms with Crippen LogP contribution in [0.15, 0.2) is 18.2 Å². The molecule has 0 radical (unpaired) electrons. The van der Waals surface area contributed by atoms with Gasteiger partial charge in [-0.2, -0.15) is 0 Å². The summed E-state index contributed by atoms with van der Waals surface area (Å²) in [5, 5.41) is 3.10. The minimum absolute atomic E-state index is 0.0796. The number of benzene rings is 1. The van der Waals surface area contributed by atoms with Crippen molar-refractivity contribution in [1.82, 2.24) is 10.2 Å². The first kappa shape index (κ1) is 21.3. The lowest BCUT2D eigenvalue weighted by molar-refractivity contribution is -0.133. The summed E-state index contributed by atoms with van der Waals surface area (Å²) in [5.41, 5.74) is 1.88. The van der Waals surface area contributed by atoms with Gasteiger partial charge >= 0.3 is 0 Å². The Morgan fingerprint density at radius 3 is 2.30 bits per heavy atom. The number of amides is 2. The Morgan fingerprint density at radius 1 is 1.15 bits per heavy atom.